The monoisotopic (exact) mass is 376 g/mol. The van der Waals surface area contributed by atoms with Crippen LogP contribution in [0.5, 0.6) is 0 Å². The topological polar surface area (TPSA) is 26.3 Å². The zero-order valence-electron chi connectivity index (χ0n) is 13.6. The summed E-state index contributed by atoms with van der Waals surface area (Å²) in [4.78, 5) is 0. The van der Waals surface area contributed by atoms with Crippen molar-refractivity contribution < 1.29 is 22.3 Å². The largest absolute Gasteiger partial charge is 0.419 e. The standard InChI is InChI=1S/C20H16F3O2P/c21-20(22,23)19(16-10-4-1-5-11-16)25-26(24,17-12-6-2-7-13-17)18-14-8-3-9-15-18/h1-15,19H/t19-/m1/s1. The van der Waals surface area contributed by atoms with Gasteiger partial charge in [-0.25, -0.2) is 0 Å². The summed E-state index contributed by atoms with van der Waals surface area (Å²) in [5.41, 5.74) is -0.0907. The lowest BCUT2D eigenvalue weighted by atomic mass is 10.1. The maximum Gasteiger partial charge on any atom is 0.419 e. The predicted octanol–water partition coefficient (Wildman–Crippen LogP) is 5.24. The molecule has 3 aromatic rings. The van der Waals surface area contributed by atoms with Gasteiger partial charge in [0.1, 0.15) is 0 Å². The Morgan fingerprint density at radius 2 is 1.08 bits per heavy atom. The molecule has 0 amide bonds. The Labute approximate surface area is 149 Å². The average molecular weight is 376 g/mol. The molecule has 26 heavy (non-hydrogen) atoms. The molecule has 0 aliphatic carbocycles. The van der Waals surface area contributed by atoms with Gasteiger partial charge in [-0.1, -0.05) is 66.7 Å². The van der Waals surface area contributed by atoms with Gasteiger partial charge in [0.05, 0.1) is 0 Å². The Bertz CT molecular complexity index is 838. The van der Waals surface area contributed by atoms with Crippen LogP contribution in [0.3, 0.4) is 0 Å². The van der Waals surface area contributed by atoms with Gasteiger partial charge in [0.15, 0.2) is 6.10 Å². The maximum atomic E-state index is 13.7. The quantitative estimate of drug-likeness (QED) is 0.570. The lowest BCUT2D eigenvalue weighted by Crippen LogP contribution is -2.27. The second kappa shape index (κ2) is 7.48. The van der Waals surface area contributed by atoms with Gasteiger partial charge >= 0.3 is 6.18 Å². The van der Waals surface area contributed by atoms with Crippen LogP contribution in [0.25, 0.3) is 0 Å². The first kappa shape index (κ1) is 18.4. The van der Waals surface area contributed by atoms with Gasteiger partial charge in [0.25, 0.3) is 7.37 Å². The van der Waals surface area contributed by atoms with Crippen LogP contribution in [-0.2, 0) is 9.09 Å². The highest BCUT2D eigenvalue weighted by atomic mass is 31.2. The summed E-state index contributed by atoms with van der Waals surface area (Å²) in [5, 5.41) is 0.438. The molecule has 0 spiro atoms. The molecule has 0 bridgehead atoms. The van der Waals surface area contributed by atoms with Crippen LogP contribution in [0, 0.1) is 0 Å². The molecule has 0 heterocycles. The van der Waals surface area contributed by atoms with E-state index in [0.717, 1.165) is 0 Å². The molecule has 0 aromatic heterocycles. The van der Waals surface area contributed by atoms with E-state index in [4.69, 9.17) is 4.52 Å². The van der Waals surface area contributed by atoms with Gasteiger partial charge in [-0.2, -0.15) is 13.2 Å². The molecule has 134 valence electrons. The van der Waals surface area contributed by atoms with E-state index in [1.54, 1.807) is 42.5 Å². The van der Waals surface area contributed by atoms with E-state index >= 15 is 0 Å². The van der Waals surface area contributed by atoms with E-state index in [1.807, 2.05) is 0 Å². The van der Waals surface area contributed by atoms with Crippen molar-refractivity contribution in [2.45, 2.75) is 12.3 Å². The molecule has 0 radical (unpaired) electrons. The summed E-state index contributed by atoms with van der Waals surface area (Å²) in [7, 11) is -3.96. The Morgan fingerprint density at radius 1 is 0.692 bits per heavy atom. The van der Waals surface area contributed by atoms with Crippen LogP contribution < -0.4 is 10.6 Å². The Kier molecular flexibility index (Phi) is 5.30. The fourth-order valence-electron chi connectivity index (χ4n) is 2.61. The van der Waals surface area contributed by atoms with Crippen LogP contribution in [0.15, 0.2) is 91.0 Å². The summed E-state index contributed by atoms with van der Waals surface area (Å²) in [6.07, 6.45) is -7.00. The van der Waals surface area contributed by atoms with Crippen molar-refractivity contribution in [2.75, 3.05) is 0 Å². The Balaban J connectivity index is 2.12. The maximum absolute atomic E-state index is 13.7. The third kappa shape index (κ3) is 3.90. The summed E-state index contributed by atoms with van der Waals surface area (Å²) in [6.45, 7) is 0. The highest BCUT2D eigenvalue weighted by Gasteiger charge is 2.46. The van der Waals surface area contributed by atoms with Gasteiger partial charge in [-0.3, -0.25) is 4.57 Å². The van der Waals surface area contributed by atoms with E-state index in [0.29, 0.717) is 0 Å². The molecule has 0 aliphatic rings. The lowest BCUT2D eigenvalue weighted by molar-refractivity contribution is -0.197. The molecule has 0 fully saturated rings. The lowest BCUT2D eigenvalue weighted by Gasteiger charge is -2.27. The second-order valence-corrected chi connectivity index (χ2v) is 8.01. The number of halogens is 3. The fraction of sp³-hybridized carbons (Fsp3) is 0.100. The Morgan fingerprint density at radius 3 is 1.46 bits per heavy atom. The minimum atomic E-state index is -4.71. The van der Waals surface area contributed by atoms with Crippen molar-refractivity contribution in [3.05, 3.63) is 96.6 Å². The number of hydrogen-bond donors (Lipinski definition) is 0. The number of benzene rings is 3. The Hall–Kier alpha value is -2.36. The molecule has 0 N–H and O–H groups in total. The first-order chi connectivity index (χ1) is 12.4. The van der Waals surface area contributed by atoms with Crippen molar-refractivity contribution in [2.24, 2.45) is 0 Å². The summed E-state index contributed by atoms with van der Waals surface area (Å²) in [5.74, 6) is 0. The van der Waals surface area contributed by atoms with Gasteiger partial charge in [-0.15, -0.1) is 0 Å². The molecule has 0 aliphatic heterocycles. The third-order valence-corrected chi connectivity index (χ3v) is 6.31. The highest BCUT2D eigenvalue weighted by molar-refractivity contribution is 7.74. The van der Waals surface area contributed by atoms with E-state index in [2.05, 4.69) is 0 Å². The zero-order chi connectivity index (χ0) is 18.6. The minimum Gasteiger partial charge on any atom is -0.304 e. The van der Waals surface area contributed by atoms with Crippen molar-refractivity contribution in [1.29, 1.82) is 0 Å². The van der Waals surface area contributed by atoms with Gasteiger partial charge < -0.3 is 4.52 Å². The van der Waals surface area contributed by atoms with Gasteiger partial charge in [-0.05, 0) is 29.8 Å². The molecule has 6 heteroatoms. The predicted molar refractivity (Wildman–Crippen MR) is 96.1 cm³/mol. The number of alkyl halides is 3. The smallest absolute Gasteiger partial charge is 0.304 e. The van der Waals surface area contributed by atoms with Crippen LogP contribution in [0.4, 0.5) is 13.2 Å². The highest BCUT2D eigenvalue weighted by Crippen LogP contribution is 2.52. The van der Waals surface area contributed by atoms with Gasteiger partial charge in [0, 0.05) is 10.6 Å². The van der Waals surface area contributed by atoms with E-state index in [9.17, 15) is 17.7 Å². The molecule has 0 unspecified atom stereocenters. The molecule has 0 saturated heterocycles. The second-order valence-electron chi connectivity index (χ2n) is 5.66. The van der Waals surface area contributed by atoms with Crippen molar-refractivity contribution in [1.82, 2.24) is 0 Å². The fourth-order valence-corrected chi connectivity index (χ4v) is 4.81. The van der Waals surface area contributed by atoms with Crippen LogP contribution in [0.2, 0.25) is 0 Å². The van der Waals surface area contributed by atoms with E-state index in [1.165, 1.54) is 48.5 Å². The molecule has 3 aromatic carbocycles. The summed E-state index contributed by atoms with van der Waals surface area (Å²) >= 11 is 0. The molecule has 1 atom stereocenters. The van der Waals surface area contributed by atoms with Crippen LogP contribution in [-0.4, -0.2) is 6.18 Å². The molecule has 0 saturated carbocycles. The average Bonchev–Trinajstić information content (AvgIpc) is 2.67. The zero-order valence-corrected chi connectivity index (χ0v) is 14.5. The normalized spacial score (nSPS) is 13.3. The SMILES string of the molecule is O=P(O[C@H](c1ccccc1)C(F)(F)F)(c1ccccc1)c1ccccc1. The van der Waals surface area contributed by atoms with Crippen LogP contribution >= 0.6 is 7.37 Å². The van der Waals surface area contributed by atoms with Crippen LogP contribution in [0.1, 0.15) is 11.7 Å². The van der Waals surface area contributed by atoms with Crippen molar-refractivity contribution >= 4 is 18.0 Å². The molecular formula is C20H16F3O2P. The van der Waals surface area contributed by atoms with E-state index < -0.39 is 19.6 Å². The van der Waals surface area contributed by atoms with E-state index in [-0.39, 0.29) is 16.2 Å². The number of rotatable bonds is 5. The first-order valence-electron chi connectivity index (χ1n) is 7.92. The van der Waals surface area contributed by atoms with Crippen molar-refractivity contribution in [3.8, 4) is 0 Å². The minimum absolute atomic E-state index is 0.0907. The van der Waals surface area contributed by atoms with Gasteiger partial charge in [0.2, 0.25) is 0 Å². The summed E-state index contributed by atoms with van der Waals surface area (Å²) in [6, 6.07) is 23.2. The molecule has 3 rings (SSSR count). The van der Waals surface area contributed by atoms with Crippen molar-refractivity contribution in [3.63, 3.8) is 0 Å². The summed E-state index contributed by atoms with van der Waals surface area (Å²) < 4.78 is 60.3. The third-order valence-electron chi connectivity index (χ3n) is 3.85. The number of hydrogen-bond acceptors (Lipinski definition) is 2. The first-order valence-corrected chi connectivity index (χ1v) is 9.55. The molecular weight excluding hydrogens is 360 g/mol. The molecule has 2 nitrogen and oxygen atoms in total.